The fourth-order valence-corrected chi connectivity index (χ4v) is 3.95. The van der Waals surface area contributed by atoms with Gasteiger partial charge in [-0.05, 0) is 42.2 Å². The van der Waals surface area contributed by atoms with E-state index in [0.29, 0.717) is 31.6 Å². The Balaban J connectivity index is 1.35. The monoisotopic (exact) mass is 417 g/mol. The summed E-state index contributed by atoms with van der Waals surface area (Å²) in [5.41, 5.74) is 1.94. The van der Waals surface area contributed by atoms with E-state index in [2.05, 4.69) is 21.0 Å². The Morgan fingerprint density at radius 2 is 1.68 bits per heavy atom. The molecule has 1 heterocycles. The average Bonchev–Trinajstić information content (AvgIpc) is 3.47. The van der Waals surface area contributed by atoms with Crippen LogP contribution in [-0.2, 0) is 17.9 Å². The van der Waals surface area contributed by atoms with Gasteiger partial charge in [-0.3, -0.25) is 9.48 Å². The number of hydrogen-bond donors (Lipinski definition) is 3. The van der Waals surface area contributed by atoms with Crippen molar-refractivity contribution in [2.75, 3.05) is 5.32 Å². The first kappa shape index (κ1) is 20.7. The average molecular weight is 418 g/mol. The maximum Gasteiger partial charge on any atom is 0.315 e. The van der Waals surface area contributed by atoms with Gasteiger partial charge in [0.15, 0.2) is 0 Å². The molecule has 0 unspecified atom stereocenters. The largest absolute Gasteiger partial charge is 0.334 e. The van der Waals surface area contributed by atoms with Crippen molar-refractivity contribution < 1.29 is 9.59 Å². The topological polar surface area (TPSA) is 88.0 Å². The molecule has 7 nitrogen and oxygen atoms in total. The second-order valence-electron chi connectivity index (χ2n) is 7.94. The smallest absolute Gasteiger partial charge is 0.315 e. The van der Waals surface area contributed by atoms with E-state index >= 15 is 0 Å². The van der Waals surface area contributed by atoms with E-state index in [1.807, 2.05) is 71.5 Å². The molecule has 160 valence electrons. The third-order valence-corrected chi connectivity index (χ3v) is 5.66. The highest BCUT2D eigenvalue weighted by Crippen LogP contribution is 2.31. The zero-order chi connectivity index (χ0) is 21.5. The van der Waals surface area contributed by atoms with Crippen molar-refractivity contribution in [3.05, 3.63) is 84.2 Å². The van der Waals surface area contributed by atoms with Gasteiger partial charge in [0.25, 0.3) is 0 Å². The number of rotatable bonds is 7. The number of aromatic nitrogens is 2. The molecule has 1 fully saturated rings. The summed E-state index contributed by atoms with van der Waals surface area (Å²) in [5, 5.41) is 13.0. The third-order valence-electron chi connectivity index (χ3n) is 5.66. The van der Waals surface area contributed by atoms with Gasteiger partial charge in [-0.1, -0.05) is 55.3 Å². The Kier molecular flexibility index (Phi) is 6.31. The molecule has 0 aliphatic heterocycles. The molecule has 3 N–H and O–H groups in total. The number of nitrogens with one attached hydrogen (secondary N) is 3. The number of nitrogens with zero attached hydrogens (tertiary/aromatic N) is 2. The first-order valence-corrected chi connectivity index (χ1v) is 10.6. The zero-order valence-electron chi connectivity index (χ0n) is 17.4. The summed E-state index contributed by atoms with van der Waals surface area (Å²) in [6, 6.07) is 19.0. The van der Waals surface area contributed by atoms with Gasteiger partial charge < -0.3 is 16.0 Å². The van der Waals surface area contributed by atoms with E-state index in [0.717, 1.165) is 24.0 Å². The minimum atomic E-state index is -0.880. The number of urea groups is 1. The Labute approximate surface area is 181 Å². The first-order chi connectivity index (χ1) is 15.1. The number of carbonyl (C=O) groups is 2. The molecule has 0 spiro atoms. The molecule has 1 saturated carbocycles. The summed E-state index contributed by atoms with van der Waals surface area (Å²) >= 11 is 0. The molecule has 1 aliphatic rings. The Morgan fingerprint density at radius 3 is 2.35 bits per heavy atom. The number of hydrogen-bond acceptors (Lipinski definition) is 3. The molecule has 3 amide bonds. The van der Waals surface area contributed by atoms with Gasteiger partial charge in [-0.15, -0.1) is 0 Å². The molecule has 7 heteroatoms. The summed E-state index contributed by atoms with van der Waals surface area (Å²) in [6.07, 6.45) is 6.75. The number of carbonyl (C=O) groups excluding carboxylic acids is 2. The van der Waals surface area contributed by atoms with E-state index in [1.165, 1.54) is 0 Å². The third kappa shape index (κ3) is 5.31. The second kappa shape index (κ2) is 9.47. The van der Waals surface area contributed by atoms with Crippen molar-refractivity contribution in [3.63, 3.8) is 0 Å². The Bertz CT molecular complexity index is 994. The lowest BCUT2D eigenvalue weighted by Crippen LogP contribution is -2.57. The predicted molar refractivity (Wildman–Crippen MR) is 119 cm³/mol. The van der Waals surface area contributed by atoms with E-state index in [4.69, 9.17) is 0 Å². The maximum atomic E-state index is 13.1. The van der Waals surface area contributed by atoms with E-state index in [9.17, 15) is 9.59 Å². The van der Waals surface area contributed by atoms with Crippen molar-refractivity contribution in [3.8, 4) is 0 Å². The highest BCUT2D eigenvalue weighted by Gasteiger charge is 2.42. The van der Waals surface area contributed by atoms with Crippen LogP contribution in [0.3, 0.4) is 0 Å². The zero-order valence-corrected chi connectivity index (χ0v) is 17.4. The molecule has 0 radical (unpaired) electrons. The van der Waals surface area contributed by atoms with Gasteiger partial charge in [0.2, 0.25) is 5.91 Å². The van der Waals surface area contributed by atoms with Gasteiger partial charge in [-0.25, -0.2) is 4.79 Å². The normalized spacial score (nSPS) is 14.7. The highest BCUT2D eigenvalue weighted by molar-refractivity contribution is 6.00. The van der Waals surface area contributed by atoms with Gasteiger partial charge in [-0.2, -0.15) is 5.10 Å². The Morgan fingerprint density at radius 1 is 0.935 bits per heavy atom. The van der Waals surface area contributed by atoms with E-state index in [-0.39, 0.29) is 11.9 Å². The molecule has 31 heavy (non-hydrogen) atoms. The molecular weight excluding hydrogens is 390 g/mol. The fourth-order valence-electron chi connectivity index (χ4n) is 3.95. The van der Waals surface area contributed by atoms with Gasteiger partial charge in [0.1, 0.15) is 5.54 Å². The van der Waals surface area contributed by atoms with Crippen molar-refractivity contribution in [2.24, 2.45) is 0 Å². The summed E-state index contributed by atoms with van der Waals surface area (Å²) < 4.78 is 1.85. The number of benzene rings is 2. The summed E-state index contributed by atoms with van der Waals surface area (Å²) in [7, 11) is 0. The van der Waals surface area contributed by atoms with Crippen molar-refractivity contribution in [1.82, 2.24) is 20.4 Å². The minimum Gasteiger partial charge on any atom is -0.334 e. The molecule has 1 aliphatic carbocycles. The molecule has 3 aromatic rings. The standard InChI is InChI=1S/C24H27N5O2/c30-22(27-21-11-9-20(10-12-21)18-29-16-6-15-26-29)24(13-4-5-14-24)28-23(31)25-17-19-7-2-1-3-8-19/h1-3,6-12,15-16H,4-5,13-14,17-18H2,(H,27,30)(H2,25,28,31). The van der Waals surface area contributed by atoms with Crippen LogP contribution in [0, 0.1) is 0 Å². The van der Waals surface area contributed by atoms with Crippen LogP contribution in [0.2, 0.25) is 0 Å². The van der Waals surface area contributed by atoms with Crippen LogP contribution in [0.4, 0.5) is 10.5 Å². The van der Waals surface area contributed by atoms with E-state index < -0.39 is 5.54 Å². The predicted octanol–water partition coefficient (Wildman–Crippen LogP) is 3.68. The quantitative estimate of drug-likeness (QED) is 0.548. The lowest BCUT2D eigenvalue weighted by molar-refractivity contribution is -0.121. The van der Waals surface area contributed by atoms with Crippen molar-refractivity contribution in [2.45, 2.75) is 44.3 Å². The van der Waals surface area contributed by atoms with Gasteiger partial charge >= 0.3 is 6.03 Å². The van der Waals surface area contributed by atoms with Crippen LogP contribution in [0.25, 0.3) is 0 Å². The maximum absolute atomic E-state index is 13.1. The lowest BCUT2D eigenvalue weighted by atomic mass is 9.96. The van der Waals surface area contributed by atoms with Gasteiger partial charge in [0, 0.05) is 24.6 Å². The summed E-state index contributed by atoms with van der Waals surface area (Å²) in [5.74, 6) is -0.167. The number of anilines is 1. The minimum absolute atomic E-state index is 0.167. The summed E-state index contributed by atoms with van der Waals surface area (Å²) in [6.45, 7) is 1.09. The Hall–Kier alpha value is -3.61. The van der Waals surface area contributed by atoms with Crippen LogP contribution in [0.5, 0.6) is 0 Å². The molecule has 2 aromatic carbocycles. The van der Waals surface area contributed by atoms with Crippen molar-refractivity contribution >= 4 is 17.6 Å². The molecule has 0 bridgehead atoms. The molecular formula is C24H27N5O2. The molecule has 0 saturated heterocycles. The molecule has 4 rings (SSSR count). The van der Waals surface area contributed by atoms with Crippen LogP contribution in [0.1, 0.15) is 36.8 Å². The second-order valence-corrected chi connectivity index (χ2v) is 7.94. The first-order valence-electron chi connectivity index (χ1n) is 10.6. The SMILES string of the molecule is O=C(NCc1ccccc1)NC1(C(=O)Nc2ccc(Cn3cccn3)cc2)CCCC1. The summed E-state index contributed by atoms with van der Waals surface area (Å²) in [4.78, 5) is 25.6. The van der Waals surface area contributed by atoms with Crippen LogP contribution in [-0.4, -0.2) is 27.3 Å². The van der Waals surface area contributed by atoms with Crippen LogP contribution >= 0.6 is 0 Å². The van der Waals surface area contributed by atoms with Crippen molar-refractivity contribution in [1.29, 1.82) is 0 Å². The van der Waals surface area contributed by atoms with Crippen LogP contribution < -0.4 is 16.0 Å². The highest BCUT2D eigenvalue weighted by atomic mass is 16.2. The molecule has 0 atom stereocenters. The van der Waals surface area contributed by atoms with Gasteiger partial charge in [0.05, 0.1) is 6.54 Å². The lowest BCUT2D eigenvalue weighted by Gasteiger charge is -2.29. The molecule has 1 aromatic heterocycles. The van der Waals surface area contributed by atoms with E-state index in [1.54, 1.807) is 6.20 Å². The fraction of sp³-hybridized carbons (Fsp3) is 0.292. The van der Waals surface area contributed by atoms with Crippen LogP contribution in [0.15, 0.2) is 73.1 Å². The number of amides is 3.